The van der Waals surface area contributed by atoms with E-state index < -0.39 is 0 Å². The molecule has 0 saturated carbocycles. The van der Waals surface area contributed by atoms with Crippen molar-refractivity contribution < 1.29 is 4.74 Å². The zero-order valence-electron chi connectivity index (χ0n) is 11.4. The number of anilines is 1. The molecule has 3 heteroatoms. The number of hydrogen-bond acceptors (Lipinski definition) is 3. The molecule has 0 spiro atoms. The van der Waals surface area contributed by atoms with Crippen LogP contribution in [0.5, 0.6) is 5.75 Å². The Balaban J connectivity index is 2.03. The second kappa shape index (κ2) is 6.25. The highest BCUT2D eigenvalue weighted by Gasteiger charge is 2.00. The van der Waals surface area contributed by atoms with E-state index in [1.165, 1.54) is 5.56 Å². The Hall–Kier alpha value is -2.00. The lowest BCUT2D eigenvalue weighted by Gasteiger charge is -2.10. The molecule has 3 nitrogen and oxygen atoms in total. The first-order valence-corrected chi connectivity index (χ1v) is 6.39. The van der Waals surface area contributed by atoms with Crippen LogP contribution in [0, 0.1) is 6.92 Å². The highest BCUT2D eigenvalue weighted by Crippen LogP contribution is 2.21. The van der Waals surface area contributed by atoms with E-state index in [1.54, 1.807) is 7.11 Å². The summed E-state index contributed by atoms with van der Waals surface area (Å²) in [6.45, 7) is 3.41. The van der Waals surface area contributed by atoms with Crippen molar-refractivity contribution in [3.63, 3.8) is 0 Å². The van der Waals surface area contributed by atoms with Gasteiger partial charge in [0.05, 0.1) is 7.11 Å². The van der Waals surface area contributed by atoms with Crippen molar-refractivity contribution in [2.45, 2.75) is 20.0 Å². The minimum absolute atomic E-state index is 0.579. The van der Waals surface area contributed by atoms with Gasteiger partial charge in [-0.05, 0) is 41.8 Å². The molecule has 0 aliphatic heterocycles. The van der Waals surface area contributed by atoms with E-state index in [1.807, 2.05) is 31.2 Å². The molecule has 0 radical (unpaired) electrons. The molecule has 0 aliphatic carbocycles. The fraction of sp³-hybridized carbons (Fsp3) is 0.250. The van der Waals surface area contributed by atoms with Crippen LogP contribution in [0.3, 0.4) is 0 Å². The molecule has 0 aliphatic rings. The topological polar surface area (TPSA) is 47.3 Å². The second-order valence-electron chi connectivity index (χ2n) is 4.56. The van der Waals surface area contributed by atoms with Gasteiger partial charge in [-0.15, -0.1) is 0 Å². The molecular weight excluding hydrogens is 236 g/mol. The van der Waals surface area contributed by atoms with Gasteiger partial charge in [0.2, 0.25) is 0 Å². The summed E-state index contributed by atoms with van der Waals surface area (Å²) in [5, 5.41) is 3.41. The predicted molar refractivity (Wildman–Crippen MR) is 79.4 cm³/mol. The maximum atomic E-state index is 5.64. The molecule has 2 aromatic carbocycles. The number of methoxy groups -OCH3 is 1. The van der Waals surface area contributed by atoms with Gasteiger partial charge in [-0.2, -0.15) is 0 Å². The summed E-state index contributed by atoms with van der Waals surface area (Å²) in [5.74, 6) is 0.913. The lowest BCUT2D eigenvalue weighted by Crippen LogP contribution is -2.02. The Kier molecular flexibility index (Phi) is 4.42. The Morgan fingerprint density at radius 2 is 1.89 bits per heavy atom. The van der Waals surface area contributed by atoms with E-state index in [2.05, 4.69) is 23.5 Å². The van der Waals surface area contributed by atoms with Gasteiger partial charge < -0.3 is 15.8 Å². The van der Waals surface area contributed by atoms with E-state index in [-0.39, 0.29) is 0 Å². The van der Waals surface area contributed by atoms with Crippen LogP contribution >= 0.6 is 0 Å². The molecule has 0 amide bonds. The molecular formula is C16H20N2O. The van der Waals surface area contributed by atoms with Crippen LogP contribution < -0.4 is 15.8 Å². The average molecular weight is 256 g/mol. The lowest BCUT2D eigenvalue weighted by molar-refractivity contribution is 0.412. The number of nitrogens with one attached hydrogen (secondary N) is 1. The van der Waals surface area contributed by atoms with Crippen LogP contribution in [0.25, 0.3) is 0 Å². The lowest BCUT2D eigenvalue weighted by atomic mass is 10.1. The fourth-order valence-corrected chi connectivity index (χ4v) is 2.06. The van der Waals surface area contributed by atoms with Gasteiger partial charge in [0.25, 0.3) is 0 Å². The molecule has 0 fully saturated rings. The molecule has 2 aromatic rings. The number of benzene rings is 2. The van der Waals surface area contributed by atoms with Crippen LogP contribution in [0.1, 0.15) is 16.7 Å². The van der Waals surface area contributed by atoms with Gasteiger partial charge in [0.15, 0.2) is 0 Å². The molecule has 100 valence electrons. The third kappa shape index (κ3) is 3.48. The van der Waals surface area contributed by atoms with Gasteiger partial charge in [0.1, 0.15) is 5.75 Å². The highest BCUT2D eigenvalue weighted by molar-refractivity contribution is 5.51. The SMILES string of the molecule is COc1ccc(NCc2cccc(CN)c2)cc1C. The van der Waals surface area contributed by atoms with Crippen LogP contribution in [-0.2, 0) is 13.1 Å². The molecule has 0 bridgehead atoms. The van der Waals surface area contributed by atoms with Gasteiger partial charge in [-0.1, -0.05) is 24.3 Å². The molecule has 19 heavy (non-hydrogen) atoms. The van der Waals surface area contributed by atoms with Crippen molar-refractivity contribution in [3.05, 3.63) is 59.2 Å². The molecule has 0 saturated heterocycles. The monoisotopic (exact) mass is 256 g/mol. The summed E-state index contributed by atoms with van der Waals surface area (Å²) in [4.78, 5) is 0. The van der Waals surface area contributed by atoms with E-state index in [9.17, 15) is 0 Å². The predicted octanol–water partition coefficient (Wildman–Crippen LogP) is 3.07. The third-order valence-electron chi connectivity index (χ3n) is 3.12. The number of ether oxygens (including phenoxy) is 1. The Morgan fingerprint density at radius 3 is 2.58 bits per heavy atom. The quantitative estimate of drug-likeness (QED) is 0.864. The van der Waals surface area contributed by atoms with E-state index in [0.717, 1.165) is 29.1 Å². The summed E-state index contributed by atoms with van der Waals surface area (Å²) in [6.07, 6.45) is 0. The zero-order valence-corrected chi connectivity index (χ0v) is 11.4. The van der Waals surface area contributed by atoms with Crippen LogP contribution in [0.15, 0.2) is 42.5 Å². The highest BCUT2D eigenvalue weighted by atomic mass is 16.5. The summed E-state index contributed by atoms with van der Waals surface area (Å²) in [6, 6.07) is 14.4. The van der Waals surface area contributed by atoms with Gasteiger partial charge in [-0.25, -0.2) is 0 Å². The molecule has 2 rings (SSSR count). The first kappa shape index (κ1) is 13.4. The van der Waals surface area contributed by atoms with Crippen LogP contribution in [0.2, 0.25) is 0 Å². The smallest absolute Gasteiger partial charge is 0.121 e. The second-order valence-corrected chi connectivity index (χ2v) is 4.56. The Labute approximate surface area is 114 Å². The van der Waals surface area contributed by atoms with E-state index in [4.69, 9.17) is 10.5 Å². The van der Waals surface area contributed by atoms with Gasteiger partial charge in [-0.3, -0.25) is 0 Å². The number of aryl methyl sites for hydroxylation is 1. The van der Waals surface area contributed by atoms with E-state index in [0.29, 0.717) is 6.54 Å². The van der Waals surface area contributed by atoms with Gasteiger partial charge in [0, 0.05) is 18.8 Å². The van der Waals surface area contributed by atoms with Crippen molar-refractivity contribution in [3.8, 4) is 5.75 Å². The first-order valence-electron chi connectivity index (χ1n) is 6.39. The van der Waals surface area contributed by atoms with Crippen molar-refractivity contribution in [2.24, 2.45) is 5.73 Å². The molecule has 0 atom stereocenters. The maximum absolute atomic E-state index is 5.64. The molecule has 0 aromatic heterocycles. The normalized spacial score (nSPS) is 10.3. The van der Waals surface area contributed by atoms with Gasteiger partial charge >= 0.3 is 0 Å². The summed E-state index contributed by atoms with van der Waals surface area (Å²) in [7, 11) is 1.69. The summed E-state index contributed by atoms with van der Waals surface area (Å²) < 4.78 is 5.25. The van der Waals surface area contributed by atoms with E-state index >= 15 is 0 Å². The van der Waals surface area contributed by atoms with Crippen LogP contribution in [0.4, 0.5) is 5.69 Å². The largest absolute Gasteiger partial charge is 0.496 e. The van der Waals surface area contributed by atoms with Crippen molar-refractivity contribution >= 4 is 5.69 Å². The minimum atomic E-state index is 0.579. The number of nitrogens with two attached hydrogens (primary N) is 1. The number of hydrogen-bond donors (Lipinski definition) is 2. The third-order valence-corrected chi connectivity index (χ3v) is 3.12. The number of rotatable bonds is 5. The average Bonchev–Trinajstić information content (AvgIpc) is 2.45. The molecule has 0 heterocycles. The maximum Gasteiger partial charge on any atom is 0.121 e. The zero-order chi connectivity index (χ0) is 13.7. The Bertz CT molecular complexity index is 552. The first-order chi connectivity index (χ1) is 9.22. The molecule has 3 N–H and O–H groups in total. The summed E-state index contributed by atoms with van der Waals surface area (Å²) >= 11 is 0. The van der Waals surface area contributed by atoms with Crippen molar-refractivity contribution in [1.82, 2.24) is 0 Å². The Morgan fingerprint density at radius 1 is 1.11 bits per heavy atom. The van der Waals surface area contributed by atoms with Crippen LogP contribution in [-0.4, -0.2) is 7.11 Å². The van der Waals surface area contributed by atoms with Crippen molar-refractivity contribution in [1.29, 1.82) is 0 Å². The van der Waals surface area contributed by atoms with Crippen molar-refractivity contribution in [2.75, 3.05) is 12.4 Å². The standard InChI is InChI=1S/C16H20N2O/c1-12-8-15(6-7-16(12)19-2)18-11-14-5-3-4-13(9-14)10-17/h3-9,18H,10-11,17H2,1-2H3. The molecule has 0 unspecified atom stereocenters. The fourth-order valence-electron chi connectivity index (χ4n) is 2.06. The minimum Gasteiger partial charge on any atom is -0.496 e. The summed E-state index contributed by atoms with van der Waals surface area (Å²) in [5.41, 5.74) is 10.3.